The van der Waals surface area contributed by atoms with E-state index in [0.717, 1.165) is 5.56 Å². The molecule has 0 bridgehead atoms. The lowest BCUT2D eigenvalue weighted by atomic mass is 9.98. The summed E-state index contributed by atoms with van der Waals surface area (Å²) in [7, 11) is -1.69. The number of hydrogen-bond acceptors (Lipinski definition) is 3. The number of benzene rings is 1. The first-order valence-electron chi connectivity index (χ1n) is 6.08. The normalized spacial score (nSPS) is 12.7. The van der Waals surface area contributed by atoms with Gasteiger partial charge in [0, 0.05) is 18.1 Å². The molecule has 1 aromatic carbocycles. The molecule has 4 nitrogen and oxygen atoms in total. The van der Waals surface area contributed by atoms with Gasteiger partial charge in [-0.05, 0) is 30.2 Å². The van der Waals surface area contributed by atoms with Crippen LogP contribution in [0.25, 0.3) is 0 Å². The van der Waals surface area contributed by atoms with Crippen LogP contribution in [0.1, 0.15) is 26.3 Å². The van der Waals surface area contributed by atoms with Gasteiger partial charge in [-0.3, -0.25) is 0 Å². The average molecular weight is 305 g/mol. The van der Waals surface area contributed by atoms with Gasteiger partial charge in [-0.2, -0.15) is 0 Å². The maximum absolute atomic E-state index is 12.1. The van der Waals surface area contributed by atoms with E-state index in [1.54, 1.807) is 12.1 Å². The van der Waals surface area contributed by atoms with E-state index in [2.05, 4.69) is 10.0 Å². The molecule has 0 saturated carbocycles. The lowest BCUT2D eigenvalue weighted by Gasteiger charge is -2.19. The van der Waals surface area contributed by atoms with Crippen molar-refractivity contribution in [1.82, 2.24) is 10.0 Å². The van der Waals surface area contributed by atoms with Crippen molar-refractivity contribution in [3.05, 3.63) is 28.8 Å². The fraction of sp³-hybridized carbons (Fsp3) is 0.538. The van der Waals surface area contributed by atoms with Gasteiger partial charge in [-0.1, -0.05) is 38.4 Å². The van der Waals surface area contributed by atoms with E-state index >= 15 is 0 Å². The molecule has 0 aromatic heterocycles. The summed E-state index contributed by atoms with van der Waals surface area (Å²) in [5.41, 5.74) is 0.766. The van der Waals surface area contributed by atoms with Crippen LogP contribution >= 0.6 is 11.6 Å². The van der Waals surface area contributed by atoms with E-state index in [1.165, 1.54) is 6.07 Å². The first kappa shape index (κ1) is 16.4. The second-order valence-electron chi connectivity index (χ2n) is 5.67. The summed E-state index contributed by atoms with van der Waals surface area (Å²) in [6, 6.07) is 4.78. The van der Waals surface area contributed by atoms with Gasteiger partial charge in [-0.25, -0.2) is 13.1 Å². The van der Waals surface area contributed by atoms with Crippen molar-refractivity contribution < 1.29 is 8.42 Å². The zero-order chi connectivity index (χ0) is 14.7. The van der Waals surface area contributed by atoms with Gasteiger partial charge in [0.05, 0.1) is 4.90 Å². The van der Waals surface area contributed by atoms with Crippen LogP contribution in [0.15, 0.2) is 23.1 Å². The SMILES string of the molecule is CNCc1ccc(S(=O)(=O)NCC(C)(C)C)cc1Cl. The van der Waals surface area contributed by atoms with E-state index in [4.69, 9.17) is 11.6 Å². The summed E-state index contributed by atoms with van der Waals surface area (Å²) in [4.78, 5) is 0.196. The Labute approximate surface area is 120 Å². The molecule has 19 heavy (non-hydrogen) atoms. The second kappa shape index (κ2) is 6.22. The zero-order valence-electron chi connectivity index (χ0n) is 11.7. The number of halogens is 1. The molecule has 0 aliphatic rings. The molecule has 0 saturated heterocycles. The topological polar surface area (TPSA) is 58.2 Å². The molecule has 0 unspecified atom stereocenters. The Hall–Kier alpha value is -0.620. The number of sulfonamides is 1. The highest BCUT2D eigenvalue weighted by Gasteiger charge is 2.19. The van der Waals surface area contributed by atoms with Gasteiger partial charge in [0.15, 0.2) is 0 Å². The Morgan fingerprint density at radius 2 is 1.89 bits per heavy atom. The van der Waals surface area contributed by atoms with Gasteiger partial charge in [0.2, 0.25) is 10.0 Å². The zero-order valence-corrected chi connectivity index (χ0v) is 13.3. The average Bonchev–Trinajstić information content (AvgIpc) is 2.29. The molecule has 6 heteroatoms. The standard InChI is InChI=1S/C13H21ClN2O2S/c1-13(2,3)9-16-19(17,18)11-6-5-10(8-15-4)12(14)7-11/h5-7,15-16H,8-9H2,1-4H3. The van der Waals surface area contributed by atoms with E-state index in [0.29, 0.717) is 18.1 Å². The van der Waals surface area contributed by atoms with Crippen molar-refractivity contribution in [1.29, 1.82) is 0 Å². The maximum Gasteiger partial charge on any atom is 0.240 e. The summed E-state index contributed by atoms with van der Waals surface area (Å²) in [6.07, 6.45) is 0. The van der Waals surface area contributed by atoms with Gasteiger partial charge in [0.25, 0.3) is 0 Å². The third kappa shape index (κ3) is 5.10. The quantitative estimate of drug-likeness (QED) is 0.878. The second-order valence-corrected chi connectivity index (χ2v) is 7.84. The monoisotopic (exact) mass is 304 g/mol. The maximum atomic E-state index is 12.1. The van der Waals surface area contributed by atoms with E-state index in [-0.39, 0.29) is 10.3 Å². The summed E-state index contributed by atoms with van der Waals surface area (Å²) in [5.74, 6) is 0. The molecular formula is C13H21ClN2O2S. The Morgan fingerprint density at radius 1 is 1.26 bits per heavy atom. The molecule has 0 amide bonds. The predicted molar refractivity (Wildman–Crippen MR) is 78.9 cm³/mol. The lowest BCUT2D eigenvalue weighted by molar-refractivity contribution is 0.407. The molecule has 0 spiro atoms. The fourth-order valence-corrected chi connectivity index (χ4v) is 3.05. The van der Waals surface area contributed by atoms with Gasteiger partial charge in [-0.15, -0.1) is 0 Å². The smallest absolute Gasteiger partial charge is 0.240 e. The molecular weight excluding hydrogens is 284 g/mol. The van der Waals surface area contributed by atoms with Crippen molar-refractivity contribution >= 4 is 21.6 Å². The summed E-state index contributed by atoms with van der Waals surface area (Å²) >= 11 is 6.07. The highest BCUT2D eigenvalue weighted by atomic mass is 35.5. The number of rotatable bonds is 5. The first-order chi connectivity index (χ1) is 8.65. The van der Waals surface area contributed by atoms with Crippen LogP contribution in [0.4, 0.5) is 0 Å². The first-order valence-corrected chi connectivity index (χ1v) is 7.94. The van der Waals surface area contributed by atoms with Crippen LogP contribution in [-0.2, 0) is 16.6 Å². The van der Waals surface area contributed by atoms with Crippen molar-refractivity contribution in [3.63, 3.8) is 0 Å². The van der Waals surface area contributed by atoms with E-state index in [1.807, 2.05) is 27.8 Å². The molecule has 0 heterocycles. The largest absolute Gasteiger partial charge is 0.316 e. The molecule has 0 aliphatic heterocycles. The summed E-state index contributed by atoms with van der Waals surface area (Å²) in [5, 5.41) is 3.43. The van der Waals surface area contributed by atoms with Crippen LogP contribution in [0, 0.1) is 5.41 Å². The summed E-state index contributed by atoms with van der Waals surface area (Å²) in [6.45, 7) is 6.90. The Morgan fingerprint density at radius 3 is 2.37 bits per heavy atom. The van der Waals surface area contributed by atoms with Gasteiger partial charge in [0.1, 0.15) is 0 Å². The van der Waals surface area contributed by atoms with Crippen molar-refractivity contribution in [2.24, 2.45) is 5.41 Å². The molecule has 0 atom stereocenters. The Balaban J connectivity index is 2.93. The Kier molecular flexibility index (Phi) is 5.38. The predicted octanol–water partition coefficient (Wildman–Crippen LogP) is 2.38. The van der Waals surface area contributed by atoms with E-state index < -0.39 is 10.0 Å². The third-order valence-corrected chi connectivity index (χ3v) is 4.25. The summed E-state index contributed by atoms with van der Waals surface area (Å²) < 4.78 is 26.8. The molecule has 0 aliphatic carbocycles. The minimum absolute atomic E-state index is 0.108. The molecule has 1 aromatic rings. The molecule has 1 rings (SSSR count). The van der Waals surface area contributed by atoms with Crippen LogP contribution < -0.4 is 10.0 Å². The van der Waals surface area contributed by atoms with Gasteiger partial charge >= 0.3 is 0 Å². The molecule has 108 valence electrons. The van der Waals surface area contributed by atoms with Crippen molar-refractivity contribution in [3.8, 4) is 0 Å². The highest BCUT2D eigenvalue weighted by molar-refractivity contribution is 7.89. The van der Waals surface area contributed by atoms with Crippen LogP contribution in [0.5, 0.6) is 0 Å². The van der Waals surface area contributed by atoms with Crippen LogP contribution in [0.2, 0.25) is 5.02 Å². The number of hydrogen-bond donors (Lipinski definition) is 2. The molecule has 0 fully saturated rings. The fourth-order valence-electron chi connectivity index (χ4n) is 1.42. The van der Waals surface area contributed by atoms with E-state index in [9.17, 15) is 8.42 Å². The van der Waals surface area contributed by atoms with Crippen LogP contribution in [-0.4, -0.2) is 22.0 Å². The Bertz CT molecular complexity index is 536. The minimum atomic E-state index is -3.50. The van der Waals surface area contributed by atoms with Gasteiger partial charge < -0.3 is 5.32 Å². The van der Waals surface area contributed by atoms with Crippen molar-refractivity contribution in [2.75, 3.05) is 13.6 Å². The third-order valence-electron chi connectivity index (χ3n) is 2.49. The minimum Gasteiger partial charge on any atom is -0.316 e. The van der Waals surface area contributed by atoms with Crippen molar-refractivity contribution in [2.45, 2.75) is 32.2 Å². The lowest BCUT2D eigenvalue weighted by Crippen LogP contribution is -2.32. The highest BCUT2D eigenvalue weighted by Crippen LogP contribution is 2.21. The molecule has 2 N–H and O–H groups in total. The van der Waals surface area contributed by atoms with Crippen LogP contribution in [0.3, 0.4) is 0 Å². The number of nitrogens with one attached hydrogen (secondary N) is 2. The molecule has 0 radical (unpaired) electrons.